The second-order valence-corrected chi connectivity index (χ2v) is 8.26. The van der Waals surface area contributed by atoms with Crippen molar-refractivity contribution in [2.24, 2.45) is 29.6 Å². The number of rotatable bonds is 3. The first-order valence-electron chi connectivity index (χ1n) is 9.07. The van der Waals surface area contributed by atoms with Crippen LogP contribution in [0, 0.1) is 29.6 Å². The molecule has 2 unspecified atom stereocenters. The second-order valence-electron chi connectivity index (χ2n) is 8.26. The van der Waals surface area contributed by atoms with Crippen molar-refractivity contribution < 1.29 is 0 Å². The molecule has 108 valence electrons. The first-order chi connectivity index (χ1) is 9.31. The van der Waals surface area contributed by atoms with Gasteiger partial charge in [0.1, 0.15) is 0 Å². The summed E-state index contributed by atoms with van der Waals surface area (Å²) in [6.45, 7) is 2.38. The van der Waals surface area contributed by atoms with Gasteiger partial charge in [0.2, 0.25) is 0 Å². The van der Waals surface area contributed by atoms with Gasteiger partial charge in [0.25, 0.3) is 0 Å². The lowest BCUT2D eigenvalue weighted by Crippen LogP contribution is -2.57. The molecule has 0 amide bonds. The molecule has 5 aliphatic carbocycles. The molecule has 2 atom stereocenters. The van der Waals surface area contributed by atoms with Gasteiger partial charge in [-0.05, 0) is 74.5 Å². The monoisotopic (exact) mass is 261 g/mol. The van der Waals surface area contributed by atoms with Crippen LogP contribution in [-0.2, 0) is 0 Å². The molecule has 4 bridgehead atoms. The van der Waals surface area contributed by atoms with E-state index in [0.29, 0.717) is 0 Å². The third-order valence-corrected chi connectivity index (χ3v) is 7.02. The summed E-state index contributed by atoms with van der Waals surface area (Å²) >= 11 is 0. The van der Waals surface area contributed by atoms with Crippen molar-refractivity contribution in [2.75, 3.05) is 0 Å². The normalized spacial score (nSPS) is 52.6. The predicted molar refractivity (Wildman–Crippen MR) is 80.0 cm³/mol. The summed E-state index contributed by atoms with van der Waals surface area (Å²) in [5.41, 5.74) is 0. The zero-order chi connectivity index (χ0) is 12.8. The van der Waals surface area contributed by atoms with Gasteiger partial charge in [-0.25, -0.2) is 0 Å². The van der Waals surface area contributed by atoms with Crippen LogP contribution >= 0.6 is 0 Å². The molecule has 1 heteroatoms. The van der Waals surface area contributed by atoms with Crippen LogP contribution in [-0.4, -0.2) is 12.1 Å². The third-order valence-electron chi connectivity index (χ3n) is 7.02. The van der Waals surface area contributed by atoms with E-state index in [1.54, 1.807) is 32.1 Å². The average Bonchev–Trinajstić information content (AvgIpc) is 2.42. The van der Waals surface area contributed by atoms with Gasteiger partial charge in [-0.2, -0.15) is 0 Å². The first kappa shape index (κ1) is 12.7. The molecule has 1 nitrogen and oxygen atoms in total. The minimum atomic E-state index is 0.862. The Kier molecular flexibility index (Phi) is 3.38. The van der Waals surface area contributed by atoms with Gasteiger partial charge >= 0.3 is 0 Å². The Morgan fingerprint density at radius 2 is 1.53 bits per heavy atom. The van der Waals surface area contributed by atoms with Crippen molar-refractivity contribution in [1.29, 1.82) is 0 Å². The Hall–Kier alpha value is -0.0400. The zero-order valence-corrected chi connectivity index (χ0v) is 12.6. The Morgan fingerprint density at radius 3 is 2.16 bits per heavy atom. The lowest BCUT2D eigenvalue weighted by atomic mass is 9.54. The van der Waals surface area contributed by atoms with Crippen molar-refractivity contribution in [1.82, 2.24) is 5.32 Å². The van der Waals surface area contributed by atoms with Crippen LogP contribution in [0.4, 0.5) is 0 Å². The van der Waals surface area contributed by atoms with E-state index in [2.05, 4.69) is 12.2 Å². The van der Waals surface area contributed by atoms with Crippen LogP contribution in [0.1, 0.15) is 71.1 Å². The molecule has 0 aliphatic heterocycles. The van der Waals surface area contributed by atoms with Crippen molar-refractivity contribution in [3.63, 3.8) is 0 Å². The van der Waals surface area contributed by atoms with Gasteiger partial charge in [-0.3, -0.25) is 0 Å². The van der Waals surface area contributed by atoms with E-state index in [1.165, 1.54) is 32.1 Å². The Bertz CT molecular complexity index is 296. The summed E-state index contributed by atoms with van der Waals surface area (Å²) in [5, 5.41) is 4.17. The van der Waals surface area contributed by atoms with E-state index in [-0.39, 0.29) is 0 Å². The summed E-state index contributed by atoms with van der Waals surface area (Å²) < 4.78 is 0. The summed E-state index contributed by atoms with van der Waals surface area (Å²) in [4.78, 5) is 0. The quantitative estimate of drug-likeness (QED) is 0.795. The molecule has 5 fully saturated rings. The first-order valence-corrected chi connectivity index (χ1v) is 9.07. The van der Waals surface area contributed by atoms with Gasteiger partial charge < -0.3 is 5.32 Å². The van der Waals surface area contributed by atoms with Crippen molar-refractivity contribution >= 4 is 0 Å². The maximum Gasteiger partial charge on any atom is 0.0127 e. The van der Waals surface area contributed by atoms with Gasteiger partial charge in [0.15, 0.2) is 0 Å². The van der Waals surface area contributed by atoms with E-state index in [1.807, 2.05) is 0 Å². The molecular weight excluding hydrogens is 230 g/mol. The molecule has 0 aromatic carbocycles. The molecule has 19 heavy (non-hydrogen) atoms. The fourth-order valence-electron chi connectivity index (χ4n) is 6.28. The van der Waals surface area contributed by atoms with Crippen molar-refractivity contribution in [3.8, 4) is 0 Å². The molecule has 1 N–H and O–H groups in total. The molecular formula is C18H31N. The smallest absolute Gasteiger partial charge is 0.0127 e. The summed E-state index contributed by atoms with van der Waals surface area (Å²) in [5.74, 6) is 5.37. The van der Waals surface area contributed by atoms with Crippen LogP contribution in [0.25, 0.3) is 0 Å². The van der Waals surface area contributed by atoms with Gasteiger partial charge in [-0.15, -0.1) is 0 Å². The van der Waals surface area contributed by atoms with Crippen LogP contribution < -0.4 is 5.32 Å². The molecule has 0 spiro atoms. The summed E-state index contributed by atoms with van der Waals surface area (Å²) in [6.07, 6.45) is 15.1. The molecule has 5 aliphatic rings. The minimum absolute atomic E-state index is 0.862. The van der Waals surface area contributed by atoms with Crippen LogP contribution in [0.15, 0.2) is 0 Å². The van der Waals surface area contributed by atoms with Crippen LogP contribution in [0.5, 0.6) is 0 Å². The highest BCUT2D eigenvalue weighted by Gasteiger charge is 2.48. The molecule has 0 heterocycles. The van der Waals surface area contributed by atoms with Crippen molar-refractivity contribution in [2.45, 2.75) is 83.2 Å². The number of nitrogens with one attached hydrogen (secondary N) is 1. The molecule has 0 saturated heterocycles. The SMILES string of the molecule is CCC1CCCC(NC2C3CC4CC(C3)CC2C4)C1. The van der Waals surface area contributed by atoms with E-state index in [0.717, 1.165) is 41.7 Å². The number of hydrogen-bond donors (Lipinski definition) is 1. The van der Waals surface area contributed by atoms with E-state index in [4.69, 9.17) is 0 Å². The largest absolute Gasteiger partial charge is 0.311 e. The highest BCUT2D eigenvalue weighted by atomic mass is 15.0. The summed E-state index contributed by atoms with van der Waals surface area (Å²) in [6, 6.07) is 1.77. The fraction of sp³-hybridized carbons (Fsp3) is 1.00. The highest BCUT2D eigenvalue weighted by Crippen LogP contribution is 2.54. The maximum absolute atomic E-state index is 4.17. The topological polar surface area (TPSA) is 12.0 Å². The number of hydrogen-bond acceptors (Lipinski definition) is 1. The molecule has 5 saturated carbocycles. The minimum Gasteiger partial charge on any atom is -0.311 e. The lowest BCUT2D eigenvalue weighted by Gasteiger charge is -2.55. The second kappa shape index (κ2) is 5.06. The van der Waals surface area contributed by atoms with Crippen LogP contribution in [0.2, 0.25) is 0 Å². The molecule has 0 radical (unpaired) electrons. The average molecular weight is 261 g/mol. The lowest BCUT2D eigenvalue weighted by molar-refractivity contribution is -0.0202. The van der Waals surface area contributed by atoms with Gasteiger partial charge in [-0.1, -0.05) is 26.2 Å². The van der Waals surface area contributed by atoms with Gasteiger partial charge in [0, 0.05) is 12.1 Å². The highest BCUT2D eigenvalue weighted by molar-refractivity contribution is 5.02. The van der Waals surface area contributed by atoms with E-state index in [9.17, 15) is 0 Å². The fourth-order valence-corrected chi connectivity index (χ4v) is 6.28. The third kappa shape index (κ3) is 2.37. The maximum atomic E-state index is 4.17. The van der Waals surface area contributed by atoms with Crippen molar-refractivity contribution in [3.05, 3.63) is 0 Å². The standard InChI is InChI=1S/C18H31N/c1-2-12-4-3-5-17(11-12)19-18-15-7-13-6-14(9-15)10-16(18)8-13/h12-19H,2-11H2,1H3. The Balaban J connectivity index is 1.40. The zero-order valence-electron chi connectivity index (χ0n) is 12.6. The Labute approximate surface area is 118 Å². The molecule has 0 aromatic heterocycles. The predicted octanol–water partition coefficient (Wildman–Crippen LogP) is 4.37. The molecule has 0 aromatic rings. The Morgan fingerprint density at radius 1 is 0.842 bits per heavy atom. The van der Waals surface area contributed by atoms with Gasteiger partial charge in [0.05, 0.1) is 0 Å². The van der Waals surface area contributed by atoms with E-state index >= 15 is 0 Å². The molecule has 5 rings (SSSR count). The van der Waals surface area contributed by atoms with E-state index < -0.39 is 0 Å². The van der Waals surface area contributed by atoms with Crippen LogP contribution in [0.3, 0.4) is 0 Å². The summed E-state index contributed by atoms with van der Waals surface area (Å²) in [7, 11) is 0.